The first kappa shape index (κ1) is 10.3. The molecule has 0 bridgehead atoms. The van der Waals surface area contributed by atoms with Crippen LogP contribution in [0.15, 0.2) is 0 Å². The van der Waals surface area contributed by atoms with Crippen LogP contribution in [0.2, 0.25) is 0 Å². The molecule has 4 heteroatoms. The molecule has 1 aliphatic heterocycles. The molecule has 1 heterocycles. The molecule has 0 aromatic heterocycles. The summed E-state index contributed by atoms with van der Waals surface area (Å²) in [4.78, 5) is 11.2. The fourth-order valence-electron chi connectivity index (χ4n) is 1.55. The highest BCUT2D eigenvalue weighted by Crippen LogP contribution is 2.23. The van der Waals surface area contributed by atoms with Gasteiger partial charge < -0.3 is 16.0 Å². The molecule has 1 aliphatic rings. The van der Waals surface area contributed by atoms with Gasteiger partial charge in [-0.3, -0.25) is 0 Å². The molecule has 0 aromatic rings. The van der Waals surface area contributed by atoms with E-state index in [-0.39, 0.29) is 17.5 Å². The van der Waals surface area contributed by atoms with E-state index in [0.29, 0.717) is 6.54 Å². The largest absolute Gasteiger partial charge is 0.338 e. The van der Waals surface area contributed by atoms with Crippen molar-refractivity contribution in [2.75, 3.05) is 19.6 Å². The SMILES string of the molecule is CCNC(=O)NC1CNCC1(C)C. The van der Waals surface area contributed by atoms with Crippen LogP contribution in [-0.4, -0.2) is 31.7 Å². The first-order valence-corrected chi connectivity index (χ1v) is 4.81. The van der Waals surface area contributed by atoms with E-state index >= 15 is 0 Å². The quantitative estimate of drug-likeness (QED) is 0.579. The predicted octanol–water partition coefficient (Wildman–Crippen LogP) is 0.304. The Hall–Kier alpha value is -0.770. The fraction of sp³-hybridized carbons (Fsp3) is 0.889. The van der Waals surface area contributed by atoms with Crippen LogP contribution in [0.3, 0.4) is 0 Å². The topological polar surface area (TPSA) is 53.2 Å². The summed E-state index contributed by atoms with van der Waals surface area (Å²) in [5.74, 6) is 0. The minimum Gasteiger partial charge on any atom is -0.338 e. The average Bonchev–Trinajstić information content (AvgIpc) is 2.31. The van der Waals surface area contributed by atoms with E-state index in [0.717, 1.165) is 13.1 Å². The fourth-order valence-corrected chi connectivity index (χ4v) is 1.55. The summed E-state index contributed by atoms with van der Waals surface area (Å²) in [6, 6.07) is 0.170. The molecule has 4 nitrogen and oxygen atoms in total. The van der Waals surface area contributed by atoms with Crippen molar-refractivity contribution in [2.24, 2.45) is 5.41 Å². The van der Waals surface area contributed by atoms with E-state index in [9.17, 15) is 4.79 Å². The molecule has 0 aliphatic carbocycles. The van der Waals surface area contributed by atoms with Crippen LogP contribution in [0, 0.1) is 5.41 Å². The summed E-state index contributed by atoms with van der Waals surface area (Å²) >= 11 is 0. The summed E-state index contributed by atoms with van der Waals surface area (Å²) in [5.41, 5.74) is 0.158. The van der Waals surface area contributed by atoms with Gasteiger partial charge >= 0.3 is 6.03 Å². The van der Waals surface area contributed by atoms with Gasteiger partial charge in [-0.2, -0.15) is 0 Å². The van der Waals surface area contributed by atoms with Crippen molar-refractivity contribution < 1.29 is 4.79 Å². The number of rotatable bonds is 2. The Balaban J connectivity index is 2.40. The Morgan fingerprint density at radius 1 is 1.62 bits per heavy atom. The van der Waals surface area contributed by atoms with Crippen molar-refractivity contribution >= 4 is 6.03 Å². The minimum atomic E-state index is -0.0655. The third-order valence-electron chi connectivity index (χ3n) is 2.52. The standard InChI is InChI=1S/C9H19N3O/c1-4-11-8(13)12-7-5-10-6-9(7,2)3/h7,10H,4-6H2,1-3H3,(H2,11,12,13). The zero-order chi connectivity index (χ0) is 9.90. The average molecular weight is 185 g/mol. The van der Waals surface area contributed by atoms with Crippen LogP contribution >= 0.6 is 0 Å². The summed E-state index contributed by atoms with van der Waals surface area (Å²) in [5, 5.41) is 8.96. The Morgan fingerprint density at radius 3 is 2.77 bits per heavy atom. The van der Waals surface area contributed by atoms with Crippen molar-refractivity contribution in [1.82, 2.24) is 16.0 Å². The maximum absolute atomic E-state index is 11.2. The summed E-state index contributed by atoms with van der Waals surface area (Å²) < 4.78 is 0. The van der Waals surface area contributed by atoms with Crippen molar-refractivity contribution in [3.05, 3.63) is 0 Å². The molecule has 1 fully saturated rings. The second kappa shape index (κ2) is 3.96. The first-order valence-electron chi connectivity index (χ1n) is 4.81. The second-order valence-corrected chi connectivity index (χ2v) is 4.18. The van der Waals surface area contributed by atoms with Crippen LogP contribution in [0.5, 0.6) is 0 Å². The third-order valence-corrected chi connectivity index (χ3v) is 2.52. The van der Waals surface area contributed by atoms with Gasteiger partial charge in [-0.25, -0.2) is 4.79 Å². The minimum absolute atomic E-state index is 0.0655. The summed E-state index contributed by atoms with van der Waals surface area (Å²) in [7, 11) is 0. The lowest BCUT2D eigenvalue weighted by Crippen LogP contribution is -2.48. The third kappa shape index (κ3) is 2.59. The van der Waals surface area contributed by atoms with Crippen molar-refractivity contribution in [2.45, 2.75) is 26.8 Å². The number of carbonyl (C=O) groups is 1. The molecule has 1 rings (SSSR count). The Kier molecular flexibility index (Phi) is 3.14. The van der Waals surface area contributed by atoms with Crippen molar-refractivity contribution in [3.8, 4) is 0 Å². The molecular weight excluding hydrogens is 166 g/mol. The number of hydrogen-bond donors (Lipinski definition) is 3. The maximum Gasteiger partial charge on any atom is 0.315 e. The van der Waals surface area contributed by atoms with Crippen molar-refractivity contribution in [3.63, 3.8) is 0 Å². The molecule has 13 heavy (non-hydrogen) atoms. The molecule has 1 saturated heterocycles. The smallest absolute Gasteiger partial charge is 0.315 e. The van der Waals surface area contributed by atoms with Crippen LogP contribution in [0.1, 0.15) is 20.8 Å². The van der Waals surface area contributed by atoms with E-state index < -0.39 is 0 Å². The van der Waals surface area contributed by atoms with Gasteiger partial charge in [0.2, 0.25) is 0 Å². The molecule has 76 valence electrons. The van der Waals surface area contributed by atoms with Crippen LogP contribution in [0.4, 0.5) is 4.79 Å². The highest BCUT2D eigenvalue weighted by Gasteiger charge is 2.35. The molecule has 0 aromatic carbocycles. The number of nitrogens with one attached hydrogen (secondary N) is 3. The molecule has 1 atom stereocenters. The van der Waals surface area contributed by atoms with Gasteiger partial charge in [0.25, 0.3) is 0 Å². The molecule has 0 radical (unpaired) electrons. The highest BCUT2D eigenvalue weighted by molar-refractivity contribution is 5.74. The van der Waals surface area contributed by atoms with Gasteiger partial charge in [0.1, 0.15) is 0 Å². The number of carbonyl (C=O) groups excluding carboxylic acids is 1. The molecule has 2 amide bonds. The van der Waals surface area contributed by atoms with Crippen LogP contribution in [-0.2, 0) is 0 Å². The van der Waals surface area contributed by atoms with E-state index in [1.807, 2.05) is 6.92 Å². The van der Waals surface area contributed by atoms with Gasteiger partial charge in [-0.15, -0.1) is 0 Å². The van der Waals surface area contributed by atoms with Gasteiger partial charge in [-0.05, 0) is 12.3 Å². The zero-order valence-corrected chi connectivity index (χ0v) is 8.61. The lowest BCUT2D eigenvalue weighted by molar-refractivity contribution is 0.227. The van der Waals surface area contributed by atoms with Crippen LogP contribution in [0.25, 0.3) is 0 Å². The lowest BCUT2D eigenvalue weighted by atomic mass is 9.88. The number of urea groups is 1. The summed E-state index contributed by atoms with van der Waals surface area (Å²) in [6.07, 6.45) is 0. The Labute approximate surface area is 79.5 Å². The normalized spacial score (nSPS) is 25.6. The molecule has 0 saturated carbocycles. The lowest BCUT2D eigenvalue weighted by Gasteiger charge is -2.26. The highest BCUT2D eigenvalue weighted by atomic mass is 16.2. The molecule has 3 N–H and O–H groups in total. The molecule has 0 spiro atoms. The van der Waals surface area contributed by atoms with E-state index in [1.54, 1.807) is 0 Å². The maximum atomic E-state index is 11.2. The van der Waals surface area contributed by atoms with E-state index in [1.165, 1.54) is 0 Å². The number of hydrogen-bond acceptors (Lipinski definition) is 2. The first-order chi connectivity index (χ1) is 6.06. The molecule has 1 unspecified atom stereocenters. The van der Waals surface area contributed by atoms with Crippen molar-refractivity contribution in [1.29, 1.82) is 0 Å². The number of amides is 2. The van der Waals surface area contributed by atoms with Gasteiger partial charge in [0, 0.05) is 25.7 Å². The van der Waals surface area contributed by atoms with Gasteiger partial charge in [0.05, 0.1) is 0 Å². The van der Waals surface area contributed by atoms with Crippen LogP contribution < -0.4 is 16.0 Å². The van der Waals surface area contributed by atoms with E-state index in [4.69, 9.17) is 0 Å². The predicted molar refractivity (Wildman–Crippen MR) is 52.6 cm³/mol. The summed E-state index contributed by atoms with van der Waals surface area (Å²) in [6.45, 7) is 8.73. The molecular formula is C9H19N3O. The Morgan fingerprint density at radius 2 is 2.31 bits per heavy atom. The van der Waals surface area contributed by atoms with Gasteiger partial charge in [-0.1, -0.05) is 13.8 Å². The monoisotopic (exact) mass is 185 g/mol. The van der Waals surface area contributed by atoms with E-state index in [2.05, 4.69) is 29.8 Å². The second-order valence-electron chi connectivity index (χ2n) is 4.18. The Bertz CT molecular complexity index is 191. The zero-order valence-electron chi connectivity index (χ0n) is 8.61. The van der Waals surface area contributed by atoms with Gasteiger partial charge in [0.15, 0.2) is 0 Å².